The summed E-state index contributed by atoms with van der Waals surface area (Å²) in [7, 11) is -18.6. The Balaban J connectivity index is 1.61. The van der Waals surface area contributed by atoms with E-state index in [0.717, 1.165) is 24.3 Å². The highest BCUT2D eigenvalue weighted by Gasteiger charge is 2.19. The number of anilines is 8. The summed E-state index contributed by atoms with van der Waals surface area (Å²) in [5.41, 5.74) is -0.223. The third-order valence-electron chi connectivity index (χ3n) is 7.98. The number of rotatable bonds is 28. The number of nitrogens with one attached hydrogen (secondary N) is 6. The third kappa shape index (κ3) is 18.3. The van der Waals surface area contributed by atoms with Crippen molar-refractivity contribution < 1.29 is 66.8 Å². The summed E-state index contributed by atoms with van der Waals surface area (Å²) in [4.78, 5) is 23.7. The zero-order valence-electron chi connectivity index (χ0n) is 33.5. The van der Waals surface area contributed by atoms with Gasteiger partial charge in [0.15, 0.2) is 0 Å². The molecule has 2 aromatic carbocycles. The molecule has 2 heterocycles. The van der Waals surface area contributed by atoms with E-state index in [0.29, 0.717) is 25.8 Å². The lowest BCUT2D eigenvalue weighted by Gasteiger charge is -2.13. The average Bonchev–Trinajstić information content (AvgIpc) is 3.19. The zero-order chi connectivity index (χ0) is 47.0. The molecule has 352 valence electrons. The van der Waals surface area contributed by atoms with Crippen molar-refractivity contribution in [1.29, 1.82) is 0 Å². The lowest BCUT2D eigenvalue weighted by atomic mass is 10.1. The van der Waals surface area contributed by atoms with Crippen LogP contribution in [-0.4, -0.2) is 156 Å². The molecule has 0 saturated heterocycles. The van der Waals surface area contributed by atoms with Crippen molar-refractivity contribution in [2.45, 2.75) is 29.1 Å². The Kier molecular flexibility index (Phi) is 18.7. The van der Waals surface area contributed by atoms with Crippen LogP contribution in [0.2, 0.25) is 0 Å². The van der Waals surface area contributed by atoms with Crippen LogP contribution in [0.1, 0.15) is 30.4 Å². The van der Waals surface area contributed by atoms with Gasteiger partial charge in [0.1, 0.15) is 9.79 Å². The molecular formula is C33H46N12O15S4. The van der Waals surface area contributed by atoms with Crippen LogP contribution in [0.5, 0.6) is 0 Å². The summed E-state index contributed by atoms with van der Waals surface area (Å²) < 4.78 is 139. The van der Waals surface area contributed by atoms with Gasteiger partial charge in [-0.25, -0.2) is 0 Å². The fourth-order valence-corrected chi connectivity index (χ4v) is 7.30. The first kappa shape index (κ1) is 51.2. The molecule has 0 amide bonds. The molecule has 0 saturated carbocycles. The van der Waals surface area contributed by atoms with Gasteiger partial charge in [0.2, 0.25) is 35.7 Å². The second kappa shape index (κ2) is 23.4. The number of nitrogens with zero attached hydrogens (tertiary/aromatic N) is 6. The van der Waals surface area contributed by atoms with Crippen molar-refractivity contribution in [3.63, 3.8) is 0 Å². The van der Waals surface area contributed by atoms with Gasteiger partial charge in [-0.05, 0) is 54.7 Å². The molecule has 0 aliphatic rings. The summed E-state index contributed by atoms with van der Waals surface area (Å²) in [6.07, 6.45) is 4.20. The summed E-state index contributed by atoms with van der Waals surface area (Å²) in [5.74, 6) is -1.99. The number of unbranched alkanes of at least 4 members (excludes halogenated alkanes) is 2. The van der Waals surface area contributed by atoms with E-state index in [2.05, 4.69) is 61.8 Å². The maximum atomic E-state index is 12.6. The Bertz CT molecular complexity index is 2510. The number of benzene rings is 2. The van der Waals surface area contributed by atoms with Crippen LogP contribution in [0.25, 0.3) is 12.2 Å². The Morgan fingerprint density at radius 3 is 1.28 bits per heavy atom. The molecule has 64 heavy (non-hydrogen) atoms. The minimum absolute atomic E-state index is 0.0151. The maximum absolute atomic E-state index is 12.6. The molecule has 0 radical (unpaired) electrons. The van der Waals surface area contributed by atoms with Gasteiger partial charge >= 0.3 is 0 Å². The van der Waals surface area contributed by atoms with Crippen molar-refractivity contribution in [2.24, 2.45) is 0 Å². The molecule has 0 spiro atoms. The number of aliphatic hydroxyl groups excluding tert-OH is 2. The highest BCUT2D eigenvalue weighted by Crippen LogP contribution is 2.28. The largest absolute Gasteiger partial charge is 0.396 e. The molecule has 0 aliphatic heterocycles. The highest BCUT2D eigenvalue weighted by molar-refractivity contribution is 7.86. The molecule has 12 N–H and O–H groups in total. The standard InChI is InChI=1S/C33H46N12O15S4/c46-14-3-1-2-10-34-28-40-30(36-12-18-61(48,49)50)44-32(42-28)38-24-8-6-22(26(20-24)63(54,55)56)4-5-23-7-9-25(21-27(23)64(57,58)59)39-33-43-29(35-11-16-60-17-15-47)41-31(45-33)37-13-19-62(51,52)53/h4-9,20-21,46-47H,1-3,10-19H2,(H,48,49,50)(H,51,52,53)(H,54,55,56)(H,57,58,59)(H3,34,36,38,40,42,44)(H3,35,37,39,41,43,45). The van der Waals surface area contributed by atoms with Crippen LogP contribution in [0.4, 0.5) is 47.1 Å². The van der Waals surface area contributed by atoms with Gasteiger partial charge in [0, 0.05) is 44.2 Å². The van der Waals surface area contributed by atoms with Gasteiger partial charge in [0.05, 0.1) is 31.3 Å². The summed E-state index contributed by atoms with van der Waals surface area (Å²) in [6.45, 7) is -0.0199. The molecular weight excluding hydrogens is 933 g/mol. The first-order valence-electron chi connectivity index (χ1n) is 18.7. The Morgan fingerprint density at radius 2 is 0.891 bits per heavy atom. The third-order valence-corrected chi connectivity index (χ3v) is 11.2. The predicted octanol–water partition coefficient (Wildman–Crippen LogP) is 0.802. The number of aliphatic hydroxyl groups is 2. The minimum atomic E-state index is -4.97. The quantitative estimate of drug-likeness (QED) is 0.0213. The molecule has 27 nitrogen and oxygen atoms in total. The second-order valence-corrected chi connectivity index (χ2v) is 19.0. The number of hydrogen-bond acceptors (Lipinski definition) is 23. The molecule has 0 aliphatic carbocycles. The SMILES string of the molecule is O=S(=O)(O)CCNc1nc(NCCCCCO)nc(Nc2ccc(C=Cc3ccc(Nc4nc(NCCOCCO)nc(NCCS(=O)(=O)O)n4)cc3S(=O)(=O)O)c(S(=O)(=O)O)c2)n1. The van der Waals surface area contributed by atoms with Gasteiger partial charge in [-0.1, -0.05) is 24.3 Å². The van der Waals surface area contributed by atoms with Crippen molar-refractivity contribution >= 4 is 99.7 Å². The number of hydrogen-bond donors (Lipinski definition) is 12. The summed E-state index contributed by atoms with van der Waals surface area (Å²) in [6, 6.07) is 7.26. The van der Waals surface area contributed by atoms with E-state index < -0.39 is 61.8 Å². The lowest BCUT2D eigenvalue weighted by molar-refractivity contribution is 0.0991. The Hall–Kier alpha value is -5.48. The average molecular weight is 979 g/mol. The summed E-state index contributed by atoms with van der Waals surface area (Å²) in [5, 5.41) is 34.5. The Labute approximate surface area is 367 Å². The van der Waals surface area contributed by atoms with Crippen LogP contribution in [-0.2, 0) is 45.2 Å². The van der Waals surface area contributed by atoms with E-state index in [1.165, 1.54) is 24.3 Å². The van der Waals surface area contributed by atoms with E-state index >= 15 is 0 Å². The molecule has 0 unspecified atom stereocenters. The smallest absolute Gasteiger partial charge is 0.295 e. The molecule has 2 aromatic heterocycles. The Morgan fingerprint density at radius 1 is 0.484 bits per heavy atom. The van der Waals surface area contributed by atoms with Crippen molar-refractivity contribution in [1.82, 2.24) is 29.9 Å². The fraction of sp³-hybridized carbons (Fsp3) is 0.394. The molecule has 0 fully saturated rings. The first-order chi connectivity index (χ1) is 30.1. The van der Waals surface area contributed by atoms with Gasteiger partial charge in [0.25, 0.3) is 40.5 Å². The molecule has 0 atom stereocenters. The van der Waals surface area contributed by atoms with Gasteiger partial charge < -0.3 is 46.9 Å². The van der Waals surface area contributed by atoms with E-state index in [9.17, 15) is 42.8 Å². The van der Waals surface area contributed by atoms with Crippen molar-refractivity contribution in [2.75, 3.05) is 96.0 Å². The molecule has 4 aromatic rings. The van der Waals surface area contributed by atoms with Gasteiger partial charge in [-0.2, -0.15) is 63.6 Å². The number of aromatic nitrogens is 6. The molecule has 0 bridgehead atoms. The monoisotopic (exact) mass is 978 g/mol. The van der Waals surface area contributed by atoms with Crippen molar-refractivity contribution in [3.05, 3.63) is 47.5 Å². The number of ether oxygens (including phenoxy) is 1. The van der Waals surface area contributed by atoms with Crippen LogP contribution in [0.15, 0.2) is 46.2 Å². The lowest BCUT2D eigenvalue weighted by Crippen LogP contribution is -2.18. The summed E-state index contributed by atoms with van der Waals surface area (Å²) >= 11 is 0. The normalized spacial score (nSPS) is 12.3. The highest BCUT2D eigenvalue weighted by atomic mass is 32.2. The molecule has 31 heteroatoms. The van der Waals surface area contributed by atoms with E-state index in [4.69, 9.17) is 24.1 Å². The van der Waals surface area contributed by atoms with Crippen molar-refractivity contribution in [3.8, 4) is 0 Å². The van der Waals surface area contributed by atoms with Gasteiger partial charge in [-0.3, -0.25) is 18.2 Å². The van der Waals surface area contributed by atoms with E-state index in [-0.39, 0.29) is 104 Å². The van der Waals surface area contributed by atoms with E-state index in [1.54, 1.807) is 0 Å². The fourth-order valence-electron chi connectivity index (χ4n) is 5.16. The zero-order valence-corrected chi connectivity index (χ0v) is 36.8. The minimum Gasteiger partial charge on any atom is -0.396 e. The van der Waals surface area contributed by atoms with Crippen LogP contribution < -0.4 is 31.9 Å². The first-order valence-corrected chi connectivity index (χ1v) is 24.8. The van der Waals surface area contributed by atoms with Gasteiger partial charge in [-0.15, -0.1) is 0 Å². The topological polar surface area (TPSA) is 417 Å². The molecule has 4 rings (SSSR count). The second-order valence-electron chi connectivity index (χ2n) is 13.1. The van der Waals surface area contributed by atoms with Crippen LogP contribution >= 0.6 is 0 Å². The van der Waals surface area contributed by atoms with Crippen LogP contribution in [0.3, 0.4) is 0 Å². The predicted molar refractivity (Wildman–Crippen MR) is 233 cm³/mol. The van der Waals surface area contributed by atoms with Crippen LogP contribution in [0, 0.1) is 0 Å². The van der Waals surface area contributed by atoms with E-state index in [1.807, 2.05) is 0 Å². The maximum Gasteiger partial charge on any atom is 0.295 e.